The molecular weight excluding hydrogens is 289 g/mol. The van der Waals surface area contributed by atoms with Crippen molar-refractivity contribution in [1.82, 2.24) is 0 Å². The molecule has 0 saturated carbocycles. The van der Waals surface area contributed by atoms with Crippen molar-refractivity contribution in [2.45, 2.75) is 18.8 Å². The number of benzene rings is 1. The third-order valence-electron chi connectivity index (χ3n) is 2.63. The maximum Gasteiger partial charge on any atom is 0.463 e. The summed E-state index contributed by atoms with van der Waals surface area (Å²) >= 11 is 0. The van der Waals surface area contributed by atoms with Gasteiger partial charge in [0.15, 0.2) is 12.2 Å². The van der Waals surface area contributed by atoms with Crippen LogP contribution in [0.2, 0.25) is 0 Å². The smallest absolute Gasteiger partial charge is 0.461 e. The average Bonchev–Trinajstić information content (AvgIpc) is 2.47. The first-order valence-corrected chi connectivity index (χ1v) is 6.00. The van der Waals surface area contributed by atoms with E-state index in [-0.39, 0.29) is 12.4 Å². The molecule has 1 aromatic carbocycles. The second kappa shape index (κ2) is 5.55. The molecule has 0 N–H and O–H groups in total. The highest BCUT2D eigenvalue weighted by molar-refractivity contribution is 6.05. The quantitative estimate of drug-likeness (QED) is 0.805. The summed E-state index contributed by atoms with van der Waals surface area (Å²) in [6.45, 7) is 1.16. The molecule has 0 spiro atoms. The standard InChI is InChI=1S/C13H11F3N2O3/c1-2-20-11(19)12(13(14,15)16)18-10(17-8-21-12)9-6-4-3-5-7-9/h3-8H,2H2,1H3. The van der Waals surface area contributed by atoms with E-state index < -0.39 is 17.9 Å². The highest BCUT2D eigenvalue weighted by Crippen LogP contribution is 2.37. The van der Waals surface area contributed by atoms with Gasteiger partial charge in [0.25, 0.3) is 0 Å². The van der Waals surface area contributed by atoms with Gasteiger partial charge in [-0.25, -0.2) is 14.8 Å². The molecule has 1 aromatic rings. The molecule has 2 rings (SSSR count). The molecule has 21 heavy (non-hydrogen) atoms. The highest BCUT2D eigenvalue weighted by Gasteiger charge is 2.66. The van der Waals surface area contributed by atoms with Crippen molar-refractivity contribution in [2.75, 3.05) is 6.61 Å². The Kier molecular flexibility index (Phi) is 3.97. The number of carbonyl (C=O) groups is 1. The zero-order valence-corrected chi connectivity index (χ0v) is 10.9. The number of alkyl halides is 3. The van der Waals surface area contributed by atoms with Crippen molar-refractivity contribution >= 4 is 18.2 Å². The molecule has 0 aromatic heterocycles. The Labute approximate surface area is 118 Å². The van der Waals surface area contributed by atoms with E-state index in [1.165, 1.54) is 19.1 Å². The van der Waals surface area contributed by atoms with Crippen molar-refractivity contribution in [1.29, 1.82) is 0 Å². The fourth-order valence-corrected chi connectivity index (χ4v) is 1.65. The van der Waals surface area contributed by atoms with Crippen LogP contribution < -0.4 is 0 Å². The van der Waals surface area contributed by atoms with Gasteiger partial charge in [0.1, 0.15) is 0 Å². The summed E-state index contributed by atoms with van der Waals surface area (Å²) in [5, 5.41) is 0. The van der Waals surface area contributed by atoms with Gasteiger partial charge in [0, 0.05) is 5.56 Å². The predicted molar refractivity (Wildman–Crippen MR) is 68.0 cm³/mol. The fourth-order valence-electron chi connectivity index (χ4n) is 1.65. The Bertz CT molecular complexity index is 584. The summed E-state index contributed by atoms with van der Waals surface area (Å²) in [5.74, 6) is -1.88. The van der Waals surface area contributed by atoms with Crippen LogP contribution >= 0.6 is 0 Å². The molecule has 1 heterocycles. The number of amidine groups is 1. The SMILES string of the molecule is CCOC(=O)C1(C(F)(F)F)N=C(c2ccccc2)N=CO1. The summed E-state index contributed by atoms with van der Waals surface area (Å²) < 4.78 is 48.7. The van der Waals surface area contributed by atoms with Gasteiger partial charge >= 0.3 is 17.9 Å². The zero-order chi connectivity index (χ0) is 15.5. The van der Waals surface area contributed by atoms with Crippen LogP contribution in [0.25, 0.3) is 0 Å². The van der Waals surface area contributed by atoms with Crippen LogP contribution in [0.3, 0.4) is 0 Å². The van der Waals surface area contributed by atoms with Gasteiger partial charge in [-0.15, -0.1) is 0 Å². The van der Waals surface area contributed by atoms with Crippen LogP contribution in [0.15, 0.2) is 40.3 Å². The number of rotatable bonds is 3. The van der Waals surface area contributed by atoms with E-state index >= 15 is 0 Å². The molecule has 1 aliphatic rings. The lowest BCUT2D eigenvalue weighted by Gasteiger charge is -2.30. The maximum atomic E-state index is 13.3. The van der Waals surface area contributed by atoms with Crippen LogP contribution in [-0.2, 0) is 14.3 Å². The Morgan fingerprint density at radius 3 is 2.57 bits per heavy atom. The summed E-state index contributed by atoms with van der Waals surface area (Å²) in [5.41, 5.74) is -3.09. The first-order chi connectivity index (χ1) is 9.90. The van der Waals surface area contributed by atoms with Crippen LogP contribution in [0, 0.1) is 0 Å². The molecule has 0 amide bonds. The molecule has 0 aliphatic carbocycles. The molecule has 5 nitrogen and oxygen atoms in total. The molecule has 1 atom stereocenters. The van der Waals surface area contributed by atoms with Gasteiger partial charge < -0.3 is 9.47 Å². The minimum absolute atomic E-state index is 0.229. The lowest BCUT2D eigenvalue weighted by Crippen LogP contribution is -2.55. The number of halogens is 3. The average molecular weight is 300 g/mol. The number of carbonyl (C=O) groups excluding carboxylic acids is 1. The van der Waals surface area contributed by atoms with Gasteiger partial charge in [0.2, 0.25) is 0 Å². The van der Waals surface area contributed by atoms with Crippen LogP contribution in [0.4, 0.5) is 13.2 Å². The van der Waals surface area contributed by atoms with Crippen LogP contribution in [0.5, 0.6) is 0 Å². The van der Waals surface area contributed by atoms with Crippen molar-refractivity contribution in [3.63, 3.8) is 0 Å². The fraction of sp³-hybridized carbons (Fsp3) is 0.308. The molecule has 0 fully saturated rings. The molecule has 0 radical (unpaired) electrons. The van der Waals surface area contributed by atoms with Crippen molar-refractivity contribution < 1.29 is 27.4 Å². The minimum Gasteiger partial charge on any atom is -0.461 e. The van der Waals surface area contributed by atoms with Crippen LogP contribution in [-0.4, -0.2) is 36.7 Å². The maximum absolute atomic E-state index is 13.3. The largest absolute Gasteiger partial charge is 0.463 e. The number of hydrogen-bond donors (Lipinski definition) is 0. The predicted octanol–water partition coefficient (Wildman–Crippen LogP) is 2.31. The van der Waals surface area contributed by atoms with Gasteiger partial charge in [0.05, 0.1) is 6.61 Å². The normalized spacial score (nSPS) is 21.4. The number of ether oxygens (including phenoxy) is 2. The summed E-state index contributed by atoms with van der Waals surface area (Å²) in [6, 6.07) is 7.96. The summed E-state index contributed by atoms with van der Waals surface area (Å²) in [7, 11) is 0. The topological polar surface area (TPSA) is 60.2 Å². The van der Waals surface area contributed by atoms with Crippen LogP contribution in [0.1, 0.15) is 12.5 Å². The molecule has 1 aliphatic heterocycles. The monoisotopic (exact) mass is 300 g/mol. The van der Waals surface area contributed by atoms with E-state index in [2.05, 4.69) is 19.5 Å². The Balaban J connectivity index is 2.50. The van der Waals surface area contributed by atoms with Gasteiger partial charge in [-0.3, -0.25) is 0 Å². The second-order valence-corrected chi connectivity index (χ2v) is 4.02. The Hall–Kier alpha value is -2.38. The summed E-state index contributed by atoms with van der Waals surface area (Å²) in [4.78, 5) is 18.7. The summed E-state index contributed by atoms with van der Waals surface area (Å²) in [6.07, 6.45) is -4.52. The first-order valence-electron chi connectivity index (χ1n) is 6.00. The lowest BCUT2D eigenvalue weighted by molar-refractivity contribution is -0.253. The van der Waals surface area contributed by atoms with E-state index in [0.29, 0.717) is 12.0 Å². The molecule has 112 valence electrons. The lowest BCUT2D eigenvalue weighted by atomic mass is 10.1. The van der Waals surface area contributed by atoms with Crippen molar-refractivity contribution in [3.8, 4) is 0 Å². The Morgan fingerprint density at radius 2 is 2.00 bits per heavy atom. The minimum atomic E-state index is -5.08. The third kappa shape index (κ3) is 2.74. The van der Waals surface area contributed by atoms with Crippen molar-refractivity contribution in [2.24, 2.45) is 9.98 Å². The van der Waals surface area contributed by atoms with E-state index in [0.717, 1.165) is 0 Å². The van der Waals surface area contributed by atoms with Gasteiger partial charge in [-0.1, -0.05) is 30.3 Å². The molecule has 8 heteroatoms. The number of nitrogens with zero attached hydrogens (tertiary/aromatic N) is 2. The second-order valence-electron chi connectivity index (χ2n) is 4.02. The zero-order valence-electron chi connectivity index (χ0n) is 10.9. The van der Waals surface area contributed by atoms with E-state index in [4.69, 9.17) is 0 Å². The molecule has 1 unspecified atom stereocenters. The number of esters is 1. The molecule has 0 saturated heterocycles. The van der Waals surface area contributed by atoms with E-state index in [1.807, 2.05) is 0 Å². The molecular formula is C13H11F3N2O3. The highest BCUT2D eigenvalue weighted by atomic mass is 19.4. The number of aliphatic imine (C=N–C) groups is 2. The van der Waals surface area contributed by atoms with E-state index in [1.54, 1.807) is 18.2 Å². The third-order valence-corrected chi connectivity index (χ3v) is 2.63. The van der Waals surface area contributed by atoms with E-state index in [9.17, 15) is 18.0 Å². The molecule has 0 bridgehead atoms. The van der Waals surface area contributed by atoms with Crippen molar-refractivity contribution in [3.05, 3.63) is 35.9 Å². The van der Waals surface area contributed by atoms with Gasteiger partial charge in [-0.05, 0) is 6.92 Å². The van der Waals surface area contributed by atoms with Gasteiger partial charge in [-0.2, -0.15) is 13.2 Å². The Morgan fingerprint density at radius 1 is 1.33 bits per heavy atom. The number of hydrogen-bond acceptors (Lipinski definition) is 5. The first kappa shape index (κ1) is 15.0.